The molecule has 114 valence electrons. The average Bonchev–Trinajstić information content (AvgIpc) is 2.42. The van der Waals surface area contributed by atoms with E-state index in [0.29, 0.717) is 18.9 Å². The minimum Gasteiger partial charge on any atom is -0.343 e. The zero-order chi connectivity index (χ0) is 15.6. The summed E-state index contributed by atoms with van der Waals surface area (Å²) in [5, 5.41) is 2.78. The smallest absolute Gasteiger partial charge is 0.245 e. The first kappa shape index (κ1) is 16.3. The van der Waals surface area contributed by atoms with E-state index in [1.165, 1.54) is 0 Å². The quantitative estimate of drug-likeness (QED) is 0.790. The van der Waals surface area contributed by atoms with Crippen molar-refractivity contribution >= 4 is 34.4 Å². The molecule has 0 saturated carbocycles. The molecule has 21 heavy (non-hydrogen) atoms. The van der Waals surface area contributed by atoms with Crippen LogP contribution in [0.4, 0.5) is 0 Å². The van der Waals surface area contributed by atoms with Gasteiger partial charge in [0.05, 0.1) is 0 Å². The molecule has 2 unspecified atom stereocenters. The summed E-state index contributed by atoms with van der Waals surface area (Å²) in [4.78, 5) is 26.4. The van der Waals surface area contributed by atoms with E-state index < -0.39 is 6.04 Å². The van der Waals surface area contributed by atoms with E-state index in [1.54, 1.807) is 11.8 Å². The van der Waals surface area contributed by atoms with Crippen LogP contribution in [0.3, 0.4) is 0 Å². The van der Waals surface area contributed by atoms with Crippen LogP contribution in [0.2, 0.25) is 0 Å². The summed E-state index contributed by atoms with van der Waals surface area (Å²) < 4.78 is 1.16. The molecule has 0 aromatic heterocycles. The summed E-state index contributed by atoms with van der Waals surface area (Å²) in [6, 6.07) is 7.26. The normalized spacial score (nSPS) is 22.6. The predicted molar refractivity (Wildman–Crippen MR) is 90.6 cm³/mol. The molecule has 5 heteroatoms. The first-order chi connectivity index (χ1) is 9.88. The fourth-order valence-corrected chi connectivity index (χ4v) is 2.93. The second-order valence-electron chi connectivity index (χ2n) is 5.97. The van der Waals surface area contributed by atoms with E-state index in [2.05, 4.69) is 41.8 Å². The lowest BCUT2D eigenvalue weighted by Crippen LogP contribution is -2.62. The van der Waals surface area contributed by atoms with Crippen LogP contribution in [0.25, 0.3) is 0 Å². The summed E-state index contributed by atoms with van der Waals surface area (Å²) in [6.07, 6.45) is 0.689. The van der Waals surface area contributed by atoms with E-state index in [1.807, 2.05) is 24.3 Å². The molecule has 1 aliphatic heterocycles. The molecule has 0 aliphatic carbocycles. The number of rotatable bonds is 4. The fourth-order valence-electron chi connectivity index (χ4n) is 2.57. The lowest BCUT2D eigenvalue weighted by atomic mass is 9.97. The van der Waals surface area contributed by atoms with Crippen LogP contribution in [0, 0.1) is 9.49 Å². The van der Waals surface area contributed by atoms with Gasteiger partial charge in [-0.3, -0.25) is 9.59 Å². The molecule has 1 heterocycles. The van der Waals surface area contributed by atoms with Crippen LogP contribution >= 0.6 is 22.6 Å². The van der Waals surface area contributed by atoms with Crippen molar-refractivity contribution in [1.29, 1.82) is 0 Å². The van der Waals surface area contributed by atoms with Gasteiger partial charge in [-0.15, -0.1) is 0 Å². The van der Waals surface area contributed by atoms with Crippen LogP contribution in [0.1, 0.15) is 32.8 Å². The first-order valence-corrected chi connectivity index (χ1v) is 8.31. The summed E-state index contributed by atoms with van der Waals surface area (Å²) >= 11 is 2.25. The van der Waals surface area contributed by atoms with Crippen molar-refractivity contribution in [3.63, 3.8) is 0 Å². The van der Waals surface area contributed by atoms with Crippen molar-refractivity contribution in [3.05, 3.63) is 33.4 Å². The molecule has 1 saturated heterocycles. The number of carbonyl (C=O) groups excluding carboxylic acids is 2. The van der Waals surface area contributed by atoms with Gasteiger partial charge in [0.2, 0.25) is 11.8 Å². The van der Waals surface area contributed by atoms with Gasteiger partial charge in [-0.25, -0.2) is 0 Å². The molecule has 4 nitrogen and oxygen atoms in total. The predicted octanol–water partition coefficient (Wildman–Crippen LogP) is 2.55. The molecular weight excluding hydrogens is 379 g/mol. The highest BCUT2D eigenvalue weighted by molar-refractivity contribution is 14.1. The van der Waals surface area contributed by atoms with Gasteiger partial charge < -0.3 is 10.2 Å². The largest absolute Gasteiger partial charge is 0.343 e. The van der Waals surface area contributed by atoms with Crippen molar-refractivity contribution in [2.45, 2.75) is 45.8 Å². The zero-order valence-corrected chi connectivity index (χ0v) is 14.8. The minimum atomic E-state index is -0.440. The topological polar surface area (TPSA) is 49.4 Å². The highest BCUT2D eigenvalue weighted by atomic mass is 127. The number of amides is 2. The minimum absolute atomic E-state index is 0.00111. The molecule has 0 radical (unpaired) electrons. The Morgan fingerprint density at radius 3 is 2.43 bits per heavy atom. The first-order valence-electron chi connectivity index (χ1n) is 7.23. The Labute approximate surface area is 139 Å². The van der Waals surface area contributed by atoms with Gasteiger partial charge in [0.25, 0.3) is 0 Å². The second-order valence-corrected chi connectivity index (χ2v) is 7.21. The van der Waals surface area contributed by atoms with Crippen molar-refractivity contribution in [2.24, 2.45) is 5.92 Å². The van der Waals surface area contributed by atoms with E-state index in [9.17, 15) is 9.59 Å². The number of piperazine rings is 1. The van der Waals surface area contributed by atoms with E-state index in [4.69, 9.17) is 0 Å². The Kier molecular flexibility index (Phi) is 5.24. The third-order valence-corrected chi connectivity index (χ3v) is 4.37. The number of carbonyl (C=O) groups is 2. The molecule has 1 aliphatic rings. The van der Waals surface area contributed by atoms with Gasteiger partial charge in [0, 0.05) is 10.1 Å². The Morgan fingerprint density at radius 2 is 1.86 bits per heavy atom. The molecule has 1 N–H and O–H groups in total. The Hall–Kier alpha value is -1.11. The maximum absolute atomic E-state index is 12.4. The average molecular weight is 400 g/mol. The third kappa shape index (κ3) is 3.96. The van der Waals surface area contributed by atoms with Gasteiger partial charge in [-0.1, -0.05) is 26.0 Å². The Balaban J connectivity index is 2.22. The van der Waals surface area contributed by atoms with Gasteiger partial charge in [0.1, 0.15) is 12.1 Å². The van der Waals surface area contributed by atoms with Gasteiger partial charge in [-0.05, 0) is 59.5 Å². The Morgan fingerprint density at radius 1 is 1.24 bits per heavy atom. The Bertz CT molecular complexity index is 528. The van der Waals surface area contributed by atoms with Crippen molar-refractivity contribution < 1.29 is 9.59 Å². The molecule has 2 rings (SSSR count). The van der Waals surface area contributed by atoms with Crippen LogP contribution in [-0.4, -0.2) is 28.8 Å². The highest BCUT2D eigenvalue weighted by Gasteiger charge is 2.38. The lowest BCUT2D eigenvalue weighted by molar-refractivity contribution is -0.150. The standard InChI is InChI=1S/C16H21IN2O2/c1-10(2)8-14-15(20)18-11(3)16(21)19(14)9-12-4-6-13(17)7-5-12/h4-7,10-11,14H,8-9H2,1-3H3,(H,18,20). The number of hydrogen-bond donors (Lipinski definition) is 1. The van der Waals surface area contributed by atoms with E-state index in [-0.39, 0.29) is 17.9 Å². The third-order valence-electron chi connectivity index (χ3n) is 3.65. The number of halogens is 1. The zero-order valence-electron chi connectivity index (χ0n) is 12.6. The fraction of sp³-hybridized carbons (Fsp3) is 0.500. The summed E-state index contributed by atoms with van der Waals surface area (Å²) in [6.45, 7) is 6.37. The summed E-state index contributed by atoms with van der Waals surface area (Å²) in [7, 11) is 0. The van der Waals surface area contributed by atoms with Gasteiger partial charge >= 0.3 is 0 Å². The molecule has 2 atom stereocenters. The van der Waals surface area contributed by atoms with Crippen LogP contribution in [0.15, 0.2) is 24.3 Å². The van der Waals surface area contributed by atoms with Crippen LogP contribution in [0.5, 0.6) is 0 Å². The van der Waals surface area contributed by atoms with Crippen molar-refractivity contribution in [3.8, 4) is 0 Å². The molecule has 0 bridgehead atoms. The highest BCUT2D eigenvalue weighted by Crippen LogP contribution is 2.20. The lowest BCUT2D eigenvalue weighted by Gasteiger charge is -2.38. The van der Waals surface area contributed by atoms with Gasteiger partial charge in [0.15, 0.2) is 0 Å². The number of benzene rings is 1. The van der Waals surface area contributed by atoms with Crippen LogP contribution in [-0.2, 0) is 16.1 Å². The molecular formula is C16H21IN2O2. The number of nitrogens with zero attached hydrogens (tertiary/aromatic N) is 1. The van der Waals surface area contributed by atoms with Crippen LogP contribution < -0.4 is 5.32 Å². The monoisotopic (exact) mass is 400 g/mol. The number of nitrogens with one attached hydrogen (secondary N) is 1. The molecule has 0 spiro atoms. The van der Waals surface area contributed by atoms with Crippen molar-refractivity contribution in [2.75, 3.05) is 0 Å². The maximum Gasteiger partial charge on any atom is 0.245 e. The van der Waals surface area contributed by atoms with E-state index >= 15 is 0 Å². The summed E-state index contributed by atoms with van der Waals surface area (Å²) in [5.41, 5.74) is 1.06. The molecule has 1 aromatic carbocycles. The molecule has 1 aromatic rings. The molecule has 1 fully saturated rings. The van der Waals surface area contributed by atoms with Crippen molar-refractivity contribution in [1.82, 2.24) is 10.2 Å². The van der Waals surface area contributed by atoms with E-state index in [0.717, 1.165) is 9.13 Å². The SMILES string of the molecule is CC(C)CC1C(=O)NC(C)C(=O)N1Cc1ccc(I)cc1. The second kappa shape index (κ2) is 6.77. The molecule has 2 amide bonds. The van der Waals surface area contributed by atoms with Gasteiger partial charge in [-0.2, -0.15) is 0 Å². The summed E-state index contributed by atoms with van der Waals surface area (Å²) in [5.74, 6) is 0.321. The number of hydrogen-bond acceptors (Lipinski definition) is 2. The maximum atomic E-state index is 12.4.